The summed E-state index contributed by atoms with van der Waals surface area (Å²) in [4.78, 5) is 33.4. The molecule has 0 unspecified atom stereocenters. The van der Waals surface area contributed by atoms with Crippen LogP contribution in [0.25, 0.3) is 10.2 Å². The smallest absolute Gasteiger partial charge is 0.260 e. The van der Waals surface area contributed by atoms with Crippen molar-refractivity contribution < 1.29 is 10.1 Å². The Labute approximate surface area is 145 Å². The largest absolute Gasteiger partial charge is 0.351 e. The van der Waals surface area contributed by atoms with Crippen molar-refractivity contribution in [1.29, 1.82) is 0 Å². The minimum atomic E-state index is -0.0256. The molecule has 0 aromatic carbocycles. The molecule has 7 heteroatoms. The van der Waals surface area contributed by atoms with E-state index in [0.717, 1.165) is 36.0 Å². The van der Waals surface area contributed by atoms with Gasteiger partial charge in [-0.2, -0.15) is 0 Å². The Balaban J connectivity index is 1.80. The van der Waals surface area contributed by atoms with Gasteiger partial charge in [0.25, 0.3) is 5.56 Å². The number of nitrogens with zero attached hydrogens (tertiary/aromatic N) is 1. The first kappa shape index (κ1) is 17.1. The van der Waals surface area contributed by atoms with E-state index in [9.17, 15) is 9.59 Å². The van der Waals surface area contributed by atoms with Gasteiger partial charge in [-0.1, -0.05) is 6.92 Å². The van der Waals surface area contributed by atoms with Crippen LogP contribution in [0.5, 0.6) is 0 Å². The van der Waals surface area contributed by atoms with Crippen LogP contribution in [0.1, 0.15) is 49.5 Å². The Morgan fingerprint density at radius 2 is 2.33 bits per heavy atom. The molecular formula is C17H25N4O2S+. The lowest BCUT2D eigenvalue weighted by molar-refractivity contribution is -0.692. The molecule has 6 nitrogen and oxygen atoms in total. The normalized spacial score (nSPS) is 18.4. The van der Waals surface area contributed by atoms with Crippen molar-refractivity contribution in [2.45, 2.75) is 46.1 Å². The van der Waals surface area contributed by atoms with Crippen LogP contribution in [0.15, 0.2) is 4.79 Å². The number of nitrogens with two attached hydrogens (primary N) is 1. The highest BCUT2D eigenvalue weighted by molar-refractivity contribution is 7.18. The van der Waals surface area contributed by atoms with E-state index in [0.29, 0.717) is 18.3 Å². The van der Waals surface area contributed by atoms with Crippen molar-refractivity contribution in [1.82, 2.24) is 15.3 Å². The third kappa shape index (κ3) is 3.52. The zero-order valence-electron chi connectivity index (χ0n) is 14.4. The summed E-state index contributed by atoms with van der Waals surface area (Å²) in [6.07, 6.45) is 3.19. The summed E-state index contributed by atoms with van der Waals surface area (Å²) in [6.45, 7) is 7.16. The lowest BCUT2D eigenvalue weighted by atomic mass is 9.89. The standard InChI is InChI=1S/C17H24N4O2S/c1-9-4-5-12-13(8-9)24-17-14(12)16(23)20-15(21-17)10(2)18-6-7-19-11(3)22/h9-10,18H,4-8H2,1-3H3,(H,19,22)(H,20,21,23)/p+1/t9-,10-/m1/s1. The Hall–Kier alpha value is -1.73. The first-order chi connectivity index (χ1) is 11.5. The minimum absolute atomic E-state index is 0.0100. The fourth-order valence-corrected chi connectivity index (χ4v) is 4.66. The van der Waals surface area contributed by atoms with E-state index in [1.807, 2.05) is 6.92 Å². The molecule has 0 saturated carbocycles. The van der Waals surface area contributed by atoms with Crippen LogP contribution in [0.3, 0.4) is 0 Å². The Kier molecular flexibility index (Phi) is 5.01. The molecule has 0 aliphatic heterocycles. The molecule has 2 aromatic rings. The van der Waals surface area contributed by atoms with Gasteiger partial charge in [0, 0.05) is 11.8 Å². The van der Waals surface area contributed by atoms with Crippen LogP contribution in [0.4, 0.5) is 0 Å². The molecule has 130 valence electrons. The fraction of sp³-hybridized carbons (Fsp3) is 0.588. The zero-order valence-corrected chi connectivity index (χ0v) is 15.3. The van der Waals surface area contributed by atoms with E-state index in [2.05, 4.69) is 22.5 Å². The van der Waals surface area contributed by atoms with Gasteiger partial charge in [0.05, 0.1) is 18.5 Å². The number of thiophene rings is 1. The number of hydrogen-bond donors (Lipinski definition) is 3. The van der Waals surface area contributed by atoms with E-state index in [4.69, 9.17) is 4.98 Å². The summed E-state index contributed by atoms with van der Waals surface area (Å²) >= 11 is 1.68. The monoisotopic (exact) mass is 349 g/mol. The van der Waals surface area contributed by atoms with Gasteiger partial charge in [-0.05, 0) is 37.7 Å². The van der Waals surface area contributed by atoms with Gasteiger partial charge in [-0.15, -0.1) is 11.3 Å². The Morgan fingerprint density at radius 1 is 1.54 bits per heavy atom. The molecule has 0 saturated heterocycles. The van der Waals surface area contributed by atoms with Crippen molar-refractivity contribution >= 4 is 27.5 Å². The van der Waals surface area contributed by atoms with Crippen molar-refractivity contribution in [2.24, 2.45) is 5.92 Å². The Bertz CT molecular complexity index is 811. The van der Waals surface area contributed by atoms with Gasteiger partial charge < -0.3 is 15.6 Å². The van der Waals surface area contributed by atoms with Crippen LogP contribution >= 0.6 is 11.3 Å². The van der Waals surface area contributed by atoms with Gasteiger partial charge in [0.1, 0.15) is 10.9 Å². The number of carbonyl (C=O) groups is 1. The highest BCUT2D eigenvalue weighted by Gasteiger charge is 2.24. The third-order valence-electron chi connectivity index (χ3n) is 4.65. The Morgan fingerprint density at radius 3 is 3.08 bits per heavy atom. The number of rotatable bonds is 5. The second kappa shape index (κ2) is 7.03. The van der Waals surface area contributed by atoms with E-state index in [-0.39, 0.29) is 17.5 Å². The number of fused-ring (bicyclic) bond motifs is 3. The van der Waals surface area contributed by atoms with Crippen LogP contribution in [-0.2, 0) is 17.6 Å². The molecule has 0 bridgehead atoms. The lowest BCUT2D eigenvalue weighted by Gasteiger charge is -2.17. The number of aryl methyl sites for hydroxylation is 1. The predicted octanol–water partition coefficient (Wildman–Crippen LogP) is 0.870. The third-order valence-corrected chi connectivity index (χ3v) is 5.80. The summed E-state index contributed by atoms with van der Waals surface area (Å²) in [5.74, 6) is 1.37. The van der Waals surface area contributed by atoms with E-state index in [1.54, 1.807) is 11.3 Å². The van der Waals surface area contributed by atoms with E-state index < -0.39 is 0 Å². The van der Waals surface area contributed by atoms with E-state index >= 15 is 0 Å². The van der Waals surface area contributed by atoms with Gasteiger partial charge in [-0.25, -0.2) is 4.98 Å². The molecule has 2 atom stereocenters. The summed E-state index contributed by atoms with van der Waals surface area (Å²) < 4.78 is 0. The summed E-state index contributed by atoms with van der Waals surface area (Å²) in [6, 6.07) is 0.0499. The number of H-pyrrole nitrogens is 1. The summed E-state index contributed by atoms with van der Waals surface area (Å²) in [5, 5.41) is 5.65. The SMILES string of the molecule is CC(=O)NCC[NH2+][C@H](C)c1nc2sc3c(c2c(=O)[nH]1)CC[C@@H](C)C3. The molecule has 1 aliphatic rings. The van der Waals surface area contributed by atoms with Crippen LogP contribution in [-0.4, -0.2) is 29.0 Å². The number of amides is 1. The number of hydrogen-bond acceptors (Lipinski definition) is 4. The quantitative estimate of drug-likeness (QED) is 0.700. The van der Waals surface area contributed by atoms with Crippen molar-refractivity contribution in [3.63, 3.8) is 0 Å². The number of nitrogens with one attached hydrogen (secondary N) is 2. The van der Waals surface area contributed by atoms with Gasteiger partial charge >= 0.3 is 0 Å². The minimum Gasteiger partial charge on any atom is -0.351 e. The highest BCUT2D eigenvalue weighted by atomic mass is 32.1. The molecule has 3 rings (SSSR count). The molecular weight excluding hydrogens is 324 g/mol. The van der Waals surface area contributed by atoms with E-state index in [1.165, 1.54) is 17.4 Å². The second-order valence-corrected chi connectivity index (χ2v) is 7.86. The number of carbonyl (C=O) groups excluding carboxylic acids is 1. The average molecular weight is 349 g/mol. The topological polar surface area (TPSA) is 91.5 Å². The summed E-state index contributed by atoms with van der Waals surface area (Å²) in [5.41, 5.74) is 1.21. The van der Waals surface area contributed by atoms with Crippen LogP contribution < -0.4 is 16.2 Å². The van der Waals surface area contributed by atoms with Gasteiger partial charge in [0.2, 0.25) is 5.91 Å². The molecule has 1 aliphatic carbocycles. The van der Waals surface area contributed by atoms with Crippen LogP contribution in [0, 0.1) is 5.92 Å². The molecule has 2 heterocycles. The number of aromatic nitrogens is 2. The highest BCUT2D eigenvalue weighted by Crippen LogP contribution is 2.35. The first-order valence-corrected chi connectivity index (χ1v) is 9.39. The molecule has 1 amide bonds. The second-order valence-electron chi connectivity index (χ2n) is 6.78. The zero-order chi connectivity index (χ0) is 17.3. The summed E-state index contributed by atoms with van der Waals surface area (Å²) in [7, 11) is 0. The number of aromatic amines is 1. The molecule has 24 heavy (non-hydrogen) atoms. The molecule has 0 spiro atoms. The van der Waals surface area contributed by atoms with Crippen molar-refractivity contribution in [3.8, 4) is 0 Å². The molecule has 0 fully saturated rings. The maximum absolute atomic E-state index is 12.6. The average Bonchev–Trinajstić information content (AvgIpc) is 2.88. The number of quaternary nitrogens is 1. The van der Waals surface area contributed by atoms with Gasteiger partial charge in [-0.3, -0.25) is 9.59 Å². The molecule has 2 aromatic heterocycles. The van der Waals surface area contributed by atoms with Gasteiger partial charge in [0.15, 0.2) is 5.82 Å². The fourth-order valence-electron chi connectivity index (χ4n) is 3.27. The van der Waals surface area contributed by atoms with Crippen molar-refractivity contribution in [2.75, 3.05) is 13.1 Å². The maximum Gasteiger partial charge on any atom is 0.260 e. The molecule has 0 radical (unpaired) electrons. The maximum atomic E-state index is 12.6. The molecule has 4 N–H and O–H groups in total. The van der Waals surface area contributed by atoms with Crippen LogP contribution in [0.2, 0.25) is 0 Å². The van der Waals surface area contributed by atoms with Crippen molar-refractivity contribution in [3.05, 3.63) is 26.6 Å². The lowest BCUT2D eigenvalue weighted by Crippen LogP contribution is -2.86. The first-order valence-electron chi connectivity index (χ1n) is 8.58. The predicted molar refractivity (Wildman–Crippen MR) is 95.3 cm³/mol.